The van der Waals surface area contributed by atoms with Gasteiger partial charge in [-0.25, -0.2) is 9.67 Å². The zero-order chi connectivity index (χ0) is 18.1. The van der Waals surface area contributed by atoms with Gasteiger partial charge in [0, 0.05) is 6.54 Å². The number of fused-ring (bicyclic) bond motifs is 1. The second kappa shape index (κ2) is 7.40. The van der Waals surface area contributed by atoms with Crippen LogP contribution in [0.15, 0.2) is 41.8 Å². The summed E-state index contributed by atoms with van der Waals surface area (Å²) in [5.41, 5.74) is 1.06. The predicted octanol–water partition coefficient (Wildman–Crippen LogP) is 4.86. The lowest BCUT2D eigenvalue weighted by atomic mass is 10.3. The lowest BCUT2D eigenvalue weighted by molar-refractivity contribution is 0.243. The summed E-state index contributed by atoms with van der Waals surface area (Å²) in [7, 11) is 2.07. The molecule has 26 heavy (non-hydrogen) atoms. The summed E-state index contributed by atoms with van der Waals surface area (Å²) in [5.74, 6) is 0.945. The van der Waals surface area contributed by atoms with Crippen LogP contribution < -0.4 is 0 Å². The van der Waals surface area contributed by atoms with Crippen molar-refractivity contribution in [3.05, 3.63) is 51.6 Å². The van der Waals surface area contributed by atoms with E-state index in [0.717, 1.165) is 39.1 Å². The van der Waals surface area contributed by atoms with Crippen LogP contribution in [-0.2, 0) is 19.8 Å². The van der Waals surface area contributed by atoms with E-state index in [-0.39, 0.29) is 0 Å². The lowest BCUT2D eigenvalue weighted by Crippen LogP contribution is -2.22. The Bertz CT molecular complexity index is 1040. The van der Waals surface area contributed by atoms with Crippen LogP contribution >= 0.6 is 34.9 Å². The van der Waals surface area contributed by atoms with Crippen LogP contribution in [0.3, 0.4) is 0 Å². The molecule has 0 N–H and O–H groups in total. The normalized spacial score (nSPS) is 11.7. The number of benzene rings is 1. The standard InChI is InChI=1S/C18H19N5S3/c1-3-22-17(15-9-6-10-25-15)20-23(18(22)24)12-21(2)11-16-19-13-7-4-5-8-14(13)26-16/h4-10H,3,11-12H2,1-2H3. The Labute approximate surface area is 165 Å². The quantitative estimate of drug-likeness (QED) is 0.433. The first-order valence-corrected chi connectivity index (χ1v) is 10.5. The minimum atomic E-state index is 0.639. The smallest absolute Gasteiger partial charge is 0.199 e. The molecule has 0 unspecified atom stereocenters. The Balaban J connectivity index is 1.55. The highest BCUT2D eigenvalue weighted by atomic mass is 32.1. The maximum Gasteiger partial charge on any atom is 0.199 e. The van der Waals surface area contributed by atoms with Crippen molar-refractivity contribution in [3.8, 4) is 10.7 Å². The van der Waals surface area contributed by atoms with Crippen LogP contribution in [0.4, 0.5) is 0 Å². The van der Waals surface area contributed by atoms with Crippen molar-refractivity contribution in [2.24, 2.45) is 0 Å². The van der Waals surface area contributed by atoms with Crippen LogP contribution in [0.1, 0.15) is 11.9 Å². The van der Waals surface area contributed by atoms with Gasteiger partial charge in [0.05, 0.1) is 28.3 Å². The van der Waals surface area contributed by atoms with Crippen molar-refractivity contribution in [3.63, 3.8) is 0 Å². The molecule has 3 heterocycles. The van der Waals surface area contributed by atoms with Gasteiger partial charge in [0.1, 0.15) is 5.01 Å². The molecular weight excluding hydrogens is 382 g/mol. The lowest BCUT2D eigenvalue weighted by Gasteiger charge is -2.14. The zero-order valence-corrected chi connectivity index (χ0v) is 17.1. The van der Waals surface area contributed by atoms with Crippen molar-refractivity contribution in [2.75, 3.05) is 7.05 Å². The van der Waals surface area contributed by atoms with E-state index in [9.17, 15) is 0 Å². The van der Waals surface area contributed by atoms with Gasteiger partial charge in [0.25, 0.3) is 0 Å². The molecule has 0 aliphatic heterocycles. The topological polar surface area (TPSA) is 38.9 Å². The van der Waals surface area contributed by atoms with Gasteiger partial charge in [-0.1, -0.05) is 18.2 Å². The van der Waals surface area contributed by atoms with Crippen molar-refractivity contribution in [2.45, 2.75) is 26.7 Å². The summed E-state index contributed by atoms with van der Waals surface area (Å²) >= 11 is 9.08. The van der Waals surface area contributed by atoms with E-state index in [0.29, 0.717) is 6.67 Å². The maximum absolute atomic E-state index is 5.65. The number of nitrogens with zero attached hydrogens (tertiary/aromatic N) is 5. The van der Waals surface area contributed by atoms with Crippen LogP contribution in [0.2, 0.25) is 0 Å². The highest BCUT2D eigenvalue weighted by molar-refractivity contribution is 7.71. The number of rotatable bonds is 6. The molecule has 0 saturated carbocycles. The fourth-order valence-electron chi connectivity index (χ4n) is 2.90. The molecule has 0 saturated heterocycles. The molecule has 0 fully saturated rings. The maximum atomic E-state index is 5.65. The van der Waals surface area contributed by atoms with E-state index in [1.165, 1.54) is 4.70 Å². The van der Waals surface area contributed by atoms with Crippen LogP contribution in [0.25, 0.3) is 20.9 Å². The third-order valence-electron chi connectivity index (χ3n) is 4.10. The Morgan fingerprint density at radius 3 is 2.77 bits per heavy atom. The summed E-state index contributed by atoms with van der Waals surface area (Å²) in [6.45, 7) is 4.33. The first kappa shape index (κ1) is 17.5. The molecule has 0 radical (unpaired) electrons. The van der Waals surface area contributed by atoms with Gasteiger partial charge >= 0.3 is 0 Å². The van der Waals surface area contributed by atoms with Gasteiger partial charge in [0.15, 0.2) is 10.6 Å². The van der Waals surface area contributed by atoms with Gasteiger partial charge in [-0.15, -0.1) is 27.8 Å². The van der Waals surface area contributed by atoms with Crippen LogP contribution in [-0.4, -0.2) is 31.3 Å². The molecule has 5 nitrogen and oxygen atoms in total. The summed E-state index contributed by atoms with van der Waals surface area (Å²) in [6, 6.07) is 12.4. The Hall–Kier alpha value is -1.87. The van der Waals surface area contributed by atoms with Gasteiger partial charge in [0.2, 0.25) is 0 Å². The van der Waals surface area contributed by atoms with Crippen LogP contribution in [0.5, 0.6) is 0 Å². The fraction of sp³-hybridized carbons (Fsp3) is 0.278. The molecule has 1 aromatic carbocycles. The average Bonchev–Trinajstić information content (AvgIpc) is 3.34. The first-order chi connectivity index (χ1) is 12.7. The Morgan fingerprint density at radius 2 is 2.04 bits per heavy atom. The predicted molar refractivity (Wildman–Crippen MR) is 111 cm³/mol. The monoisotopic (exact) mass is 401 g/mol. The van der Waals surface area contributed by atoms with Crippen molar-refractivity contribution in [1.82, 2.24) is 24.2 Å². The minimum Gasteiger partial charge on any atom is -0.300 e. The number of para-hydroxylation sites is 1. The van der Waals surface area contributed by atoms with Gasteiger partial charge < -0.3 is 0 Å². The summed E-state index contributed by atoms with van der Waals surface area (Å²) in [5, 5.41) is 7.95. The van der Waals surface area contributed by atoms with E-state index in [1.807, 2.05) is 16.8 Å². The van der Waals surface area contributed by atoms with E-state index < -0.39 is 0 Å². The van der Waals surface area contributed by atoms with Gasteiger partial charge in [-0.3, -0.25) is 9.47 Å². The summed E-state index contributed by atoms with van der Waals surface area (Å²) in [4.78, 5) is 8.05. The molecular formula is C18H19N5S3. The molecule has 3 aromatic heterocycles. The second-order valence-corrected chi connectivity index (χ2v) is 8.49. The van der Waals surface area contributed by atoms with E-state index in [4.69, 9.17) is 22.3 Å². The number of hydrogen-bond acceptors (Lipinski definition) is 6. The SMILES string of the molecule is CCn1c(-c2cccs2)nn(CN(C)Cc2nc3ccccc3s2)c1=S. The van der Waals surface area contributed by atoms with E-state index >= 15 is 0 Å². The molecule has 0 spiro atoms. The molecule has 0 bridgehead atoms. The number of thiazole rings is 1. The largest absolute Gasteiger partial charge is 0.300 e. The summed E-state index contributed by atoms with van der Waals surface area (Å²) < 4.78 is 5.98. The molecule has 0 amide bonds. The number of aromatic nitrogens is 4. The molecule has 0 aliphatic rings. The van der Waals surface area contributed by atoms with Crippen LogP contribution in [0, 0.1) is 4.77 Å². The van der Waals surface area contributed by atoms with Gasteiger partial charge in [-0.2, -0.15) is 0 Å². The molecule has 0 aliphatic carbocycles. The molecule has 8 heteroatoms. The Kier molecular flexibility index (Phi) is 4.99. The second-order valence-electron chi connectivity index (χ2n) is 6.06. The van der Waals surface area contributed by atoms with Crippen molar-refractivity contribution >= 4 is 45.1 Å². The highest BCUT2D eigenvalue weighted by Gasteiger charge is 2.14. The first-order valence-electron chi connectivity index (χ1n) is 8.40. The third-order valence-corrected chi connectivity index (χ3v) is 6.42. The molecule has 4 aromatic rings. The highest BCUT2D eigenvalue weighted by Crippen LogP contribution is 2.24. The Morgan fingerprint density at radius 1 is 1.19 bits per heavy atom. The van der Waals surface area contributed by atoms with Gasteiger partial charge in [-0.05, 0) is 49.8 Å². The van der Waals surface area contributed by atoms with E-state index in [1.54, 1.807) is 22.7 Å². The average molecular weight is 402 g/mol. The third kappa shape index (κ3) is 3.37. The van der Waals surface area contributed by atoms with Crippen molar-refractivity contribution in [1.29, 1.82) is 0 Å². The molecule has 134 valence electrons. The zero-order valence-electron chi connectivity index (χ0n) is 14.6. The molecule has 4 rings (SSSR count). The number of thiophene rings is 1. The summed E-state index contributed by atoms with van der Waals surface area (Å²) in [6.07, 6.45) is 0. The number of hydrogen-bond donors (Lipinski definition) is 0. The fourth-order valence-corrected chi connectivity index (χ4v) is 4.98. The van der Waals surface area contributed by atoms with E-state index in [2.05, 4.69) is 53.1 Å². The van der Waals surface area contributed by atoms with Crippen molar-refractivity contribution < 1.29 is 0 Å². The minimum absolute atomic E-state index is 0.639. The molecule has 0 atom stereocenters.